The van der Waals surface area contributed by atoms with Gasteiger partial charge in [-0.05, 0) is 29.8 Å². The minimum Gasteiger partial charge on any atom is -0.486 e. The molecule has 3 aromatic rings. The summed E-state index contributed by atoms with van der Waals surface area (Å²) in [6.07, 6.45) is 0. The SMILES string of the molecule is N#Cc1sc2ccccc2c1OCc1ccc(F)cc1. The first-order valence-electron chi connectivity index (χ1n) is 6.07. The molecule has 0 spiro atoms. The number of rotatable bonds is 3. The van der Waals surface area contributed by atoms with Crippen molar-refractivity contribution in [3.8, 4) is 11.8 Å². The fraction of sp³-hybridized carbons (Fsp3) is 0.0625. The van der Waals surface area contributed by atoms with Crippen LogP contribution in [-0.4, -0.2) is 0 Å². The van der Waals surface area contributed by atoms with Crippen molar-refractivity contribution in [1.29, 1.82) is 5.26 Å². The number of ether oxygens (including phenoxy) is 1. The number of hydrogen-bond acceptors (Lipinski definition) is 3. The van der Waals surface area contributed by atoms with E-state index < -0.39 is 0 Å². The Morgan fingerprint density at radius 2 is 1.85 bits per heavy atom. The molecule has 0 aliphatic rings. The Hall–Kier alpha value is -2.38. The Balaban J connectivity index is 1.90. The lowest BCUT2D eigenvalue weighted by Gasteiger charge is -2.05. The Bertz CT molecular complexity index is 786. The van der Waals surface area contributed by atoms with Gasteiger partial charge < -0.3 is 4.74 Å². The van der Waals surface area contributed by atoms with Crippen LogP contribution < -0.4 is 4.74 Å². The Morgan fingerprint density at radius 3 is 2.60 bits per heavy atom. The molecule has 1 aromatic heterocycles. The molecule has 4 heteroatoms. The summed E-state index contributed by atoms with van der Waals surface area (Å²) in [6, 6.07) is 16.1. The Morgan fingerprint density at radius 1 is 1.10 bits per heavy atom. The number of thiophene rings is 1. The molecule has 0 saturated carbocycles. The number of hydrogen-bond donors (Lipinski definition) is 0. The van der Waals surface area contributed by atoms with Crippen LogP contribution in [0.5, 0.6) is 5.75 Å². The first-order chi connectivity index (χ1) is 9.78. The van der Waals surface area contributed by atoms with Crippen LogP contribution in [0.4, 0.5) is 4.39 Å². The minimum atomic E-state index is -0.271. The van der Waals surface area contributed by atoms with E-state index in [4.69, 9.17) is 4.74 Å². The molecule has 0 N–H and O–H groups in total. The van der Waals surface area contributed by atoms with Crippen LogP contribution in [-0.2, 0) is 6.61 Å². The summed E-state index contributed by atoms with van der Waals surface area (Å²) in [5.74, 6) is 0.338. The van der Waals surface area contributed by atoms with Crippen molar-refractivity contribution in [2.24, 2.45) is 0 Å². The number of fused-ring (bicyclic) bond motifs is 1. The maximum atomic E-state index is 12.8. The Kier molecular flexibility index (Phi) is 3.36. The first-order valence-corrected chi connectivity index (χ1v) is 6.88. The smallest absolute Gasteiger partial charge is 0.156 e. The normalized spacial score (nSPS) is 10.4. The zero-order chi connectivity index (χ0) is 13.9. The maximum absolute atomic E-state index is 12.8. The molecule has 0 unspecified atom stereocenters. The molecule has 2 aromatic carbocycles. The summed E-state index contributed by atoms with van der Waals surface area (Å²) in [4.78, 5) is 0.563. The van der Waals surface area contributed by atoms with Crippen LogP contribution in [0.25, 0.3) is 10.1 Å². The third-order valence-corrected chi connectivity index (χ3v) is 4.00. The Labute approximate surface area is 119 Å². The summed E-state index contributed by atoms with van der Waals surface area (Å²) in [5.41, 5.74) is 0.866. The second-order valence-corrected chi connectivity index (χ2v) is 5.34. The number of nitriles is 1. The molecule has 0 fully saturated rings. The zero-order valence-corrected chi connectivity index (χ0v) is 11.3. The van der Waals surface area contributed by atoms with E-state index in [0.29, 0.717) is 17.2 Å². The second kappa shape index (κ2) is 5.32. The van der Waals surface area contributed by atoms with E-state index in [1.807, 2.05) is 24.3 Å². The quantitative estimate of drug-likeness (QED) is 0.709. The molecule has 0 aliphatic carbocycles. The molecule has 0 saturated heterocycles. The number of nitrogens with zero attached hydrogens (tertiary/aromatic N) is 1. The third kappa shape index (κ3) is 2.36. The molecule has 0 amide bonds. The molecule has 2 nitrogen and oxygen atoms in total. The zero-order valence-electron chi connectivity index (χ0n) is 10.5. The van der Waals surface area contributed by atoms with Gasteiger partial charge in [0.05, 0.1) is 0 Å². The van der Waals surface area contributed by atoms with Crippen LogP contribution >= 0.6 is 11.3 Å². The topological polar surface area (TPSA) is 33.0 Å². The van der Waals surface area contributed by atoms with E-state index in [-0.39, 0.29) is 5.82 Å². The van der Waals surface area contributed by atoms with Crippen molar-refractivity contribution >= 4 is 21.4 Å². The summed E-state index contributed by atoms with van der Waals surface area (Å²) in [6.45, 7) is 0.315. The van der Waals surface area contributed by atoms with Crippen LogP contribution in [0.1, 0.15) is 10.4 Å². The average molecular weight is 283 g/mol. The highest BCUT2D eigenvalue weighted by atomic mass is 32.1. The van der Waals surface area contributed by atoms with Crippen molar-refractivity contribution < 1.29 is 9.13 Å². The highest BCUT2D eigenvalue weighted by molar-refractivity contribution is 7.20. The lowest BCUT2D eigenvalue weighted by molar-refractivity contribution is 0.310. The predicted molar refractivity (Wildman–Crippen MR) is 77.3 cm³/mol. The van der Waals surface area contributed by atoms with Gasteiger partial charge in [-0.1, -0.05) is 24.3 Å². The fourth-order valence-electron chi connectivity index (χ4n) is 1.97. The van der Waals surface area contributed by atoms with Gasteiger partial charge >= 0.3 is 0 Å². The molecule has 3 rings (SSSR count). The van der Waals surface area contributed by atoms with Gasteiger partial charge in [-0.15, -0.1) is 11.3 Å². The maximum Gasteiger partial charge on any atom is 0.156 e. The summed E-state index contributed by atoms with van der Waals surface area (Å²) in [5, 5.41) is 10.1. The van der Waals surface area contributed by atoms with Crippen molar-refractivity contribution in [2.45, 2.75) is 6.61 Å². The number of benzene rings is 2. The molecule has 0 aliphatic heterocycles. The number of halogens is 1. The van der Waals surface area contributed by atoms with Crippen LogP contribution in [0, 0.1) is 17.1 Å². The molecular weight excluding hydrogens is 273 g/mol. The molecule has 98 valence electrons. The van der Waals surface area contributed by atoms with Crippen LogP contribution in [0.2, 0.25) is 0 Å². The highest BCUT2D eigenvalue weighted by Gasteiger charge is 2.12. The summed E-state index contributed by atoms with van der Waals surface area (Å²) in [7, 11) is 0. The van der Waals surface area contributed by atoms with Gasteiger partial charge in [0, 0.05) is 10.1 Å². The standard InChI is InChI=1S/C16H10FNOS/c17-12-7-5-11(6-8-12)10-19-16-13-3-1-2-4-14(13)20-15(16)9-18/h1-8H,10H2. The van der Waals surface area contributed by atoms with Gasteiger partial charge in [-0.2, -0.15) is 5.26 Å². The molecule has 0 radical (unpaired) electrons. The van der Waals surface area contributed by atoms with E-state index in [9.17, 15) is 9.65 Å². The lowest BCUT2D eigenvalue weighted by Crippen LogP contribution is -1.96. The summed E-state index contributed by atoms with van der Waals surface area (Å²) < 4.78 is 19.6. The second-order valence-electron chi connectivity index (χ2n) is 4.28. The van der Waals surface area contributed by atoms with E-state index >= 15 is 0 Å². The minimum absolute atomic E-state index is 0.271. The molecular formula is C16H10FNOS. The molecule has 1 heterocycles. The van der Waals surface area contributed by atoms with Gasteiger partial charge in [-0.3, -0.25) is 0 Å². The van der Waals surface area contributed by atoms with E-state index in [0.717, 1.165) is 15.6 Å². The molecule has 0 bridgehead atoms. The van der Waals surface area contributed by atoms with Crippen molar-refractivity contribution in [3.05, 3.63) is 64.8 Å². The van der Waals surface area contributed by atoms with Crippen molar-refractivity contribution in [1.82, 2.24) is 0 Å². The third-order valence-electron chi connectivity index (χ3n) is 2.95. The predicted octanol–water partition coefficient (Wildman–Crippen LogP) is 4.49. The van der Waals surface area contributed by atoms with Gasteiger partial charge in [0.15, 0.2) is 5.75 Å². The van der Waals surface area contributed by atoms with Gasteiger partial charge in [0.2, 0.25) is 0 Å². The van der Waals surface area contributed by atoms with Crippen molar-refractivity contribution in [3.63, 3.8) is 0 Å². The highest BCUT2D eigenvalue weighted by Crippen LogP contribution is 2.37. The average Bonchev–Trinajstić information content (AvgIpc) is 2.84. The van der Waals surface area contributed by atoms with Crippen LogP contribution in [0.3, 0.4) is 0 Å². The lowest BCUT2D eigenvalue weighted by atomic mass is 10.2. The van der Waals surface area contributed by atoms with Gasteiger partial charge in [-0.25, -0.2) is 4.39 Å². The fourth-order valence-corrected chi connectivity index (χ4v) is 2.92. The molecule has 20 heavy (non-hydrogen) atoms. The monoisotopic (exact) mass is 283 g/mol. The first kappa shape index (κ1) is 12.6. The summed E-state index contributed by atoms with van der Waals surface area (Å²) >= 11 is 1.42. The van der Waals surface area contributed by atoms with Gasteiger partial charge in [0.25, 0.3) is 0 Å². The van der Waals surface area contributed by atoms with E-state index in [2.05, 4.69) is 6.07 Å². The van der Waals surface area contributed by atoms with E-state index in [1.165, 1.54) is 23.5 Å². The molecule has 0 atom stereocenters. The van der Waals surface area contributed by atoms with Crippen molar-refractivity contribution in [2.75, 3.05) is 0 Å². The largest absolute Gasteiger partial charge is 0.486 e. The van der Waals surface area contributed by atoms with Crippen LogP contribution in [0.15, 0.2) is 48.5 Å². The van der Waals surface area contributed by atoms with Gasteiger partial charge in [0.1, 0.15) is 23.4 Å². The van der Waals surface area contributed by atoms with E-state index in [1.54, 1.807) is 12.1 Å².